The molecule has 28 heavy (non-hydrogen) atoms. The molecule has 154 valence electrons. The average Bonchev–Trinajstić information content (AvgIpc) is 3.32. The van der Waals surface area contributed by atoms with E-state index in [0.29, 0.717) is 17.8 Å². The van der Waals surface area contributed by atoms with Crippen molar-refractivity contribution < 1.29 is 9.73 Å². The van der Waals surface area contributed by atoms with Gasteiger partial charge in [0.25, 0.3) is 5.89 Å². The van der Waals surface area contributed by atoms with Crippen LogP contribution in [0, 0.1) is 6.92 Å². The maximum absolute atomic E-state index is 9.20. The Hall–Kier alpha value is -1.96. The molecule has 2 aliphatic rings. The summed E-state index contributed by atoms with van der Waals surface area (Å²) in [4.78, 5) is 9.02. The van der Waals surface area contributed by atoms with Crippen LogP contribution in [-0.2, 0) is 0 Å². The van der Waals surface area contributed by atoms with E-state index in [1.54, 1.807) is 0 Å². The second kappa shape index (κ2) is 10.0. The molecule has 1 aromatic carbocycles. The fourth-order valence-electron chi connectivity index (χ4n) is 3.64. The monoisotopic (exact) mass is 387 g/mol. The van der Waals surface area contributed by atoms with E-state index in [9.17, 15) is 5.21 Å². The Labute approximate surface area is 167 Å². The van der Waals surface area contributed by atoms with Gasteiger partial charge in [-0.05, 0) is 70.8 Å². The van der Waals surface area contributed by atoms with Gasteiger partial charge in [-0.2, -0.15) is 10.0 Å². The summed E-state index contributed by atoms with van der Waals surface area (Å²) >= 11 is 0. The van der Waals surface area contributed by atoms with Crippen LogP contribution in [0.2, 0.25) is 0 Å². The Bertz CT molecular complexity index is 710. The first-order chi connectivity index (χ1) is 13.5. The molecule has 2 saturated heterocycles. The van der Waals surface area contributed by atoms with Gasteiger partial charge in [-0.15, -0.1) is 0 Å². The van der Waals surface area contributed by atoms with Gasteiger partial charge in [-0.1, -0.05) is 5.16 Å². The molecule has 1 N–H and O–H groups in total. The summed E-state index contributed by atoms with van der Waals surface area (Å²) in [6.45, 7) is 12.3. The SMILES string of the molecule is CC(C)N1CCCN(O)CC1.Cc1noc(-c2ccc(N3CCCC3)cc2)n1. The molecule has 0 bridgehead atoms. The number of aromatic nitrogens is 2. The maximum Gasteiger partial charge on any atom is 0.257 e. The van der Waals surface area contributed by atoms with Crippen molar-refractivity contribution in [3.8, 4) is 11.5 Å². The number of hydrogen-bond donors (Lipinski definition) is 1. The van der Waals surface area contributed by atoms with Gasteiger partial charge < -0.3 is 14.6 Å². The molecule has 0 atom stereocenters. The minimum atomic E-state index is 0.593. The molecule has 0 spiro atoms. The summed E-state index contributed by atoms with van der Waals surface area (Å²) in [5, 5.41) is 14.4. The standard InChI is InChI=1S/C13H15N3O.C8H18N2O/c1-10-14-13(17-15-10)11-4-6-12(7-5-11)16-8-2-3-9-16;1-8(2)9-4-3-5-10(11)7-6-9/h4-7H,2-3,8-9H2,1H3;8,11H,3-7H2,1-2H3. The molecule has 7 heteroatoms. The highest BCUT2D eigenvalue weighted by molar-refractivity contribution is 5.59. The molecule has 0 amide bonds. The number of rotatable bonds is 3. The van der Waals surface area contributed by atoms with Gasteiger partial charge in [-0.3, -0.25) is 4.90 Å². The van der Waals surface area contributed by atoms with E-state index in [1.807, 2.05) is 19.1 Å². The van der Waals surface area contributed by atoms with E-state index in [-0.39, 0.29) is 0 Å². The molecule has 0 radical (unpaired) electrons. The largest absolute Gasteiger partial charge is 0.372 e. The van der Waals surface area contributed by atoms with Crippen LogP contribution in [-0.4, -0.2) is 70.6 Å². The zero-order valence-electron chi connectivity index (χ0n) is 17.3. The van der Waals surface area contributed by atoms with E-state index in [4.69, 9.17) is 4.52 Å². The smallest absolute Gasteiger partial charge is 0.257 e. The van der Waals surface area contributed by atoms with Gasteiger partial charge >= 0.3 is 0 Å². The van der Waals surface area contributed by atoms with Crippen LogP contribution in [0.5, 0.6) is 0 Å². The lowest BCUT2D eigenvalue weighted by Crippen LogP contribution is -2.34. The molecule has 3 heterocycles. The lowest BCUT2D eigenvalue weighted by Gasteiger charge is -2.23. The number of benzene rings is 1. The summed E-state index contributed by atoms with van der Waals surface area (Å²) < 4.78 is 5.14. The molecule has 7 nitrogen and oxygen atoms in total. The third-order valence-electron chi connectivity index (χ3n) is 5.35. The van der Waals surface area contributed by atoms with Crippen LogP contribution in [0.4, 0.5) is 5.69 Å². The highest BCUT2D eigenvalue weighted by atomic mass is 16.5. The summed E-state index contributed by atoms with van der Waals surface area (Å²) in [5.74, 6) is 1.26. The fourth-order valence-corrected chi connectivity index (χ4v) is 3.64. The summed E-state index contributed by atoms with van der Waals surface area (Å²) in [6.07, 6.45) is 3.67. The molecule has 1 aromatic heterocycles. The molecule has 0 unspecified atom stereocenters. The van der Waals surface area contributed by atoms with E-state index in [0.717, 1.165) is 38.2 Å². The van der Waals surface area contributed by atoms with Crippen LogP contribution in [0.1, 0.15) is 38.9 Å². The van der Waals surface area contributed by atoms with Crippen molar-refractivity contribution in [1.29, 1.82) is 0 Å². The zero-order valence-corrected chi connectivity index (χ0v) is 17.3. The maximum atomic E-state index is 9.20. The Morgan fingerprint density at radius 2 is 1.64 bits per heavy atom. The van der Waals surface area contributed by atoms with Crippen molar-refractivity contribution in [2.45, 2.75) is 46.1 Å². The third kappa shape index (κ3) is 5.77. The number of hydrogen-bond acceptors (Lipinski definition) is 7. The molecule has 2 aliphatic heterocycles. The third-order valence-corrected chi connectivity index (χ3v) is 5.35. The van der Waals surface area contributed by atoms with Gasteiger partial charge in [0.1, 0.15) is 0 Å². The molecule has 2 aromatic rings. The van der Waals surface area contributed by atoms with E-state index >= 15 is 0 Å². The van der Waals surface area contributed by atoms with Gasteiger partial charge in [0.05, 0.1) is 0 Å². The minimum Gasteiger partial charge on any atom is -0.372 e. The number of hydroxylamine groups is 2. The summed E-state index contributed by atoms with van der Waals surface area (Å²) in [6, 6.07) is 8.95. The van der Waals surface area contributed by atoms with Crippen LogP contribution in [0.15, 0.2) is 28.8 Å². The molecule has 0 saturated carbocycles. The second-order valence-corrected chi connectivity index (χ2v) is 7.82. The Balaban J connectivity index is 0.000000178. The van der Waals surface area contributed by atoms with Crippen molar-refractivity contribution in [1.82, 2.24) is 20.1 Å². The lowest BCUT2D eigenvalue weighted by atomic mass is 10.2. The quantitative estimate of drug-likeness (QED) is 0.865. The number of aryl methyl sites for hydroxylation is 1. The average molecular weight is 388 g/mol. The van der Waals surface area contributed by atoms with Crippen LogP contribution < -0.4 is 4.90 Å². The number of nitrogens with zero attached hydrogens (tertiary/aromatic N) is 5. The first kappa shape index (κ1) is 20.8. The van der Waals surface area contributed by atoms with E-state index in [2.05, 4.69) is 45.9 Å². The van der Waals surface area contributed by atoms with E-state index < -0.39 is 0 Å². The van der Waals surface area contributed by atoms with Crippen molar-refractivity contribution in [2.24, 2.45) is 0 Å². The van der Waals surface area contributed by atoms with Crippen LogP contribution in [0.3, 0.4) is 0 Å². The molecular formula is C21H33N5O2. The Kier molecular flexibility index (Phi) is 7.42. The van der Waals surface area contributed by atoms with E-state index in [1.165, 1.54) is 36.7 Å². The van der Waals surface area contributed by atoms with Crippen LogP contribution >= 0.6 is 0 Å². The van der Waals surface area contributed by atoms with Gasteiger partial charge in [0, 0.05) is 50.0 Å². The second-order valence-electron chi connectivity index (χ2n) is 7.82. The van der Waals surface area contributed by atoms with Crippen molar-refractivity contribution in [2.75, 3.05) is 44.2 Å². The van der Waals surface area contributed by atoms with Crippen molar-refractivity contribution in [3.05, 3.63) is 30.1 Å². The molecule has 4 rings (SSSR count). The summed E-state index contributed by atoms with van der Waals surface area (Å²) in [7, 11) is 0. The van der Waals surface area contributed by atoms with Crippen molar-refractivity contribution >= 4 is 5.69 Å². The first-order valence-electron chi connectivity index (χ1n) is 10.4. The predicted octanol–water partition coefficient (Wildman–Crippen LogP) is 3.44. The normalized spacial score (nSPS) is 18.8. The topological polar surface area (TPSA) is 68.9 Å². The molecular weight excluding hydrogens is 354 g/mol. The van der Waals surface area contributed by atoms with Crippen molar-refractivity contribution in [3.63, 3.8) is 0 Å². The minimum absolute atomic E-state index is 0.593. The van der Waals surface area contributed by atoms with Crippen LogP contribution in [0.25, 0.3) is 11.5 Å². The summed E-state index contributed by atoms with van der Waals surface area (Å²) in [5.41, 5.74) is 2.26. The highest BCUT2D eigenvalue weighted by Gasteiger charge is 2.15. The first-order valence-corrected chi connectivity index (χ1v) is 10.4. The lowest BCUT2D eigenvalue weighted by molar-refractivity contribution is -0.0866. The van der Waals surface area contributed by atoms with Gasteiger partial charge in [0.2, 0.25) is 0 Å². The molecule has 2 fully saturated rings. The van der Waals surface area contributed by atoms with Gasteiger partial charge in [0.15, 0.2) is 5.82 Å². The van der Waals surface area contributed by atoms with Gasteiger partial charge in [-0.25, -0.2) is 0 Å². The fraction of sp³-hybridized carbons (Fsp3) is 0.619. The molecule has 0 aliphatic carbocycles. The predicted molar refractivity (Wildman–Crippen MR) is 111 cm³/mol. The highest BCUT2D eigenvalue weighted by Crippen LogP contribution is 2.24. The Morgan fingerprint density at radius 1 is 0.929 bits per heavy atom. The Morgan fingerprint density at radius 3 is 2.25 bits per heavy atom. The zero-order chi connectivity index (χ0) is 19.9. The number of anilines is 1.